The zero-order valence-electron chi connectivity index (χ0n) is 22.4. The maximum Gasteiger partial charge on any atom is 0.256 e. The first-order valence-corrected chi connectivity index (χ1v) is 13.5. The summed E-state index contributed by atoms with van der Waals surface area (Å²) in [4.78, 5) is 50.3. The van der Waals surface area contributed by atoms with Crippen LogP contribution in [-0.2, 0) is 29.1 Å². The van der Waals surface area contributed by atoms with Crippen LogP contribution in [0.15, 0.2) is 53.3 Å². The summed E-state index contributed by atoms with van der Waals surface area (Å²) in [5.41, 5.74) is 2.17. The summed E-state index contributed by atoms with van der Waals surface area (Å²) in [6.07, 6.45) is 1.72. The first kappa shape index (κ1) is 27.8. The quantitative estimate of drug-likeness (QED) is 0.429. The zero-order chi connectivity index (χ0) is 28.2. The Hall–Kier alpha value is -3.76. The van der Waals surface area contributed by atoms with Crippen LogP contribution in [0.2, 0.25) is 0 Å². The molecule has 210 valence electrons. The van der Waals surface area contributed by atoms with Crippen molar-refractivity contribution in [1.29, 1.82) is 0 Å². The van der Waals surface area contributed by atoms with Gasteiger partial charge in [0.2, 0.25) is 5.91 Å². The van der Waals surface area contributed by atoms with Gasteiger partial charge in [-0.25, -0.2) is 13.8 Å². The number of aromatic nitrogens is 2. The van der Waals surface area contributed by atoms with Gasteiger partial charge < -0.3 is 14.6 Å². The van der Waals surface area contributed by atoms with Gasteiger partial charge in [0, 0.05) is 17.9 Å². The number of Topliss-reactive ketones (excluding diaryl/α,β-unsaturated/α-hetero) is 1. The highest BCUT2D eigenvalue weighted by Crippen LogP contribution is 2.25. The van der Waals surface area contributed by atoms with Crippen LogP contribution in [0, 0.1) is 17.6 Å². The molecule has 5 rings (SSSR count). The largest absolute Gasteiger partial charge is 0.376 e. The van der Waals surface area contributed by atoms with Gasteiger partial charge in [-0.05, 0) is 74.8 Å². The van der Waals surface area contributed by atoms with Crippen LogP contribution < -0.4 is 5.56 Å². The molecule has 0 bridgehead atoms. The monoisotopic (exact) mass is 550 g/mol. The van der Waals surface area contributed by atoms with Crippen molar-refractivity contribution < 1.29 is 23.1 Å². The van der Waals surface area contributed by atoms with Crippen LogP contribution in [0.5, 0.6) is 0 Å². The number of ether oxygens (including phenoxy) is 1. The predicted molar refractivity (Wildman–Crippen MR) is 143 cm³/mol. The van der Waals surface area contributed by atoms with Crippen molar-refractivity contribution in [2.24, 2.45) is 5.92 Å². The lowest BCUT2D eigenvalue weighted by molar-refractivity contribution is -0.135. The molecule has 1 saturated heterocycles. The van der Waals surface area contributed by atoms with E-state index < -0.39 is 6.04 Å². The molecular formula is C30H32F2N4O4. The number of hydrogen-bond acceptors (Lipinski definition) is 6. The van der Waals surface area contributed by atoms with Gasteiger partial charge in [0.1, 0.15) is 17.5 Å². The van der Waals surface area contributed by atoms with E-state index in [4.69, 9.17) is 4.74 Å². The summed E-state index contributed by atoms with van der Waals surface area (Å²) >= 11 is 0. The average molecular weight is 551 g/mol. The van der Waals surface area contributed by atoms with E-state index in [2.05, 4.69) is 9.97 Å². The summed E-state index contributed by atoms with van der Waals surface area (Å²) in [6, 6.07) is 11.2. The van der Waals surface area contributed by atoms with Gasteiger partial charge in [-0.1, -0.05) is 12.1 Å². The maximum atomic E-state index is 13.7. The molecule has 0 spiro atoms. The number of rotatable bonds is 8. The Morgan fingerprint density at radius 2 is 1.73 bits per heavy atom. The Morgan fingerprint density at radius 1 is 1.07 bits per heavy atom. The molecule has 2 aromatic carbocycles. The Balaban J connectivity index is 1.29. The lowest BCUT2D eigenvalue weighted by atomic mass is 9.89. The number of carbonyl (C=O) groups excluding carboxylic acids is 2. The number of hydrogen-bond donors (Lipinski definition) is 1. The van der Waals surface area contributed by atoms with Gasteiger partial charge in [0.05, 0.1) is 43.6 Å². The highest BCUT2D eigenvalue weighted by molar-refractivity contribution is 5.97. The molecule has 3 heterocycles. The topological polar surface area (TPSA) is 95.6 Å². The van der Waals surface area contributed by atoms with Crippen molar-refractivity contribution in [2.45, 2.75) is 45.4 Å². The molecule has 0 aliphatic carbocycles. The zero-order valence-corrected chi connectivity index (χ0v) is 22.4. The molecular weight excluding hydrogens is 518 g/mol. The molecule has 0 radical (unpaired) electrons. The summed E-state index contributed by atoms with van der Waals surface area (Å²) in [7, 11) is 0. The van der Waals surface area contributed by atoms with Crippen LogP contribution in [0.1, 0.15) is 58.8 Å². The van der Waals surface area contributed by atoms with Crippen molar-refractivity contribution in [3.63, 3.8) is 0 Å². The van der Waals surface area contributed by atoms with E-state index in [9.17, 15) is 23.2 Å². The van der Waals surface area contributed by atoms with Crippen molar-refractivity contribution in [3.8, 4) is 0 Å². The summed E-state index contributed by atoms with van der Waals surface area (Å²) in [6.45, 7) is 3.91. The Labute approximate surface area is 231 Å². The second-order valence-electron chi connectivity index (χ2n) is 10.4. The minimum absolute atomic E-state index is 0.00891. The van der Waals surface area contributed by atoms with Crippen molar-refractivity contribution in [3.05, 3.63) is 98.7 Å². The van der Waals surface area contributed by atoms with E-state index in [1.165, 1.54) is 36.4 Å². The number of H-pyrrole nitrogens is 1. The minimum Gasteiger partial charge on any atom is -0.376 e. The first-order valence-electron chi connectivity index (χ1n) is 13.5. The fourth-order valence-electron chi connectivity index (χ4n) is 5.38. The summed E-state index contributed by atoms with van der Waals surface area (Å²) < 4.78 is 32.2. The molecule has 1 N–H and O–H groups in total. The Morgan fingerprint density at radius 3 is 2.40 bits per heavy atom. The molecule has 10 heteroatoms. The van der Waals surface area contributed by atoms with Crippen molar-refractivity contribution >= 4 is 11.7 Å². The number of amides is 1. The number of nitrogens with one attached hydrogen (secondary N) is 1. The van der Waals surface area contributed by atoms with E-state index in [0.29, 0.717) is 61.6 Å². The lowest BCUT2D eigenvalue weighted by Gasteiger charge is -2.35. The number of aromatic amines is 1. The molecule has 0 unspecified atom stereocenters. The highest BCUT2D eigenvalue weighted by Gasteiger charge is 2.30. The first-order chi connectivity index (χ1) is 19.3. The SMILES string of the molecule is C[C@H](c1ccc(F)cc1)N(Cc1nc2c(c(=O)[nH]1)COCC2)C(=O)CN1CCC(C(=O)c2ccc(F)cc2)CC1. The summed E-state index contributed by atoms with van der Waals surface area (Å²) in [5.74, 6) is -0.714. The molecule has 40 heavy (non-hydrogen) atoms. The van der Waals surface area contributed by atoms with E-state index in [0.717, 1.165) is 5.56 Å². The molecule has 1 atom stereocenters. The van der Waals surface area contributed by atoms with Crippen LogP contribution in [0.4, 0.5) is 8.78 Å². The second kappa shape index (κ2) is 12.2. The lowest BCUT2D eigenvalue weighted by Crippen LogP contribution is -2.45. The standard InChI is InChI=1S/C30H32F2N4O4/c1-19(20-2-6-23(31)7-3-20)36(16-27-33-26-12-15-40-18-25(26)30(39)34-27)28(37)17-35-13-10-22(11-14-35)29(38)21-4-8-24(32)9-5-21/h2-9,19,22H,10-18H2,1H3,(H,33,34,39)/t19-/m1/s1. The third-order valence-electron chi connectivity index (χ3n) is 7.79. The van der Waals surface area contributed by atoms with Gasteiger partial charge in [0.25, 0.3) is 5.56 Å². The number of piperidine rings is 1. The number of ketones is 1. The van der Waals surface area contributed by atoms with E-state index in [1.54, 1.807) is 17.0 Å². The van der Waals surface area contributed by atoms with Crippen LogP contribution in [0.25, 0.3) is 0 Å². The van der Waals surface area contributed by atoms with E-state index in [-0.39, 0.29) is 54.5 Å². The van der Waals surface area contributed by atoms with Gasteiger partial charge >= 0.3 is 0 Å². The number of carbonyl (C=O) groups is 2. The van der Waals surface area contributed by atoms with E-state index >= 15 is 0 Å². The molecule has 3 aromatic rings. The molecule has 1 aromatic heterocycles. The smallest absolute Gasteiger partial charge is 0.256 e. The van der Waals surface area contributed by atoms with Crippen LogP contribution in [0.3, 0.4) is 0 Å². The fourth-order valence-corrected chi connectivity index (χ4v) is 5.38. The minimum atomic E-state index is -0.407. The molecule has 1 fully saturated rings. The van der Waals surface area contributed by atoms with E-state index in [1.807, 2.05) is 11.8 Å². The third kappa shape index (κ3) is 6.34. The second-order valence-corrected chi connectivity index (χ2v) is 10.4. The Kier molecular flexibility index (Phi) is 8.46. The molecule has 0 saturated carbocycles. The number of fused-ring (bicyclic) bond motifs is 1. The molecule has 8 nitrogen and oxygen atoms in total. The van der Waals surface area contributed by atoms with Gasteiger partial charge in [-0.2, -0.15) is 0 Å². The van der Waals surface area contributed by atoms with Gasteiger partial charge in [-0.15, -0.1) is 0 Å². The fraction of sp³-hybridized carbons (Fsp3) is 0.400. The average Bonchev–Trinajstić information content (AvgIpc) is 2.96. The summed E-state index contributed by atoms with van der Waals surface area (Å²) in [5, 5.41) is 0. The molecule has 2 aliphatic heterocycles. The van der Waals surface area contributed by atoms with Crippen molar-refractivity contribution in [2.75, 3.05) is 26.2 Å². The molecule has 1 amide bonds. The number of benzene rings is 2. The highest BCUT2D eigenvalue weighted by atomic mass is 19.1. The van der Waals surface area contributed by atoms with Crippen molar-refractivity contribution in [1.82, 2.24) is 19.8 Å². The predicted octanol–water partition coefficient (Wildman–Crippen LogP) is 3.81. The van der Waals surface area contributed by atoms with Gasteiger partial charge in [-0.3, -0.25) is 19.3 Å². The number of likely N-dealkylation sites (tertiary alicyclic amines) is 1. The number of halogens is 2. The Bertz CT molecular complexity index is 1420. The normalized spacial score (nSPS) is 16.8. The van der Waals surface area contributed by atoms with Crippen LogP contribution >= 0.6 is 0 Å². The third-order valence-corrected chi connectivity index (χ3v) is 7.79. The number of nitrogens with zero attached hydrogens (tertiary/aromatic N) is 3. The molecule has 2 aliphatic rings. The maximum absolute atomic E-state index is 13.7. The van der Waals surface area contributed by atoms with Crippen LogP contribution in [-0.4, -0.2) is 57.7 Å². The van der Waals surface area contributed by atoms with Gasteiger partial charge in [0.15, 0.2) is 5.78 Å².